The summed E-state index contributed by atoms with van der Waals surface area (Å²) in [5.41, 5.74) is 0.194. The molecule has 9 heteroatoms. The van der Waals surface area contributed by atoms with Crippen LogP contribution in [-0.4, -0.2) is 24.1 Å². The van der Waals surface area contributed by atoms with Gasteiger partial charge in [0, 0.05) is 12.1 Å². The van der Waals surface area contributed by atoms with Crippen LogP contribution < -0.4 is 14.9 Å². The van der Waals surface area contributed by atoms with E-state index in [-0.39, 0.29) is 47.1 Å². The van der Waals surface area contributed by atoms with E-state index in [2.05, 4.69) is 0 Å². The zero-order chi connectivity index (χ0) is 22.5. The maximum atomic E-state index is 13.1. The van der Waals surface area contributed by atoms with E-state index in [1.807, 2.05) is 6.92 Å². The normalized spacial score (nSPS) is 10.7. The van der Waals surface area contributed by atoms with E-state index in [0.717, 1.165) is 0 Å². The smallest absolute Gasteiger partial charge is 0.344 e. The number of carbonyl (C=O) groups is 1. The van der Waals surface area contributed by atoms with Crippen molar-refractivity contribution in [2.24, 2.45) is 0 Å². The number of aryl methyl sites for hydroxylation is 2. The quantitative estimate of drug-likeness (QED) is 0.296. The van der Waals surface area contributed by atoms with E-state index < -0.39 is 16.3 Å². The van der Waals surface area contributed by atoms with Gasteiger partial charge in [-0.25, -0.2) is 4.79 Å². The molecule has 9 nitrogen and oxygen atoms in total. The predicted molar refractivity (Wildman–Crippen MR) is 112 cm³/mol. The van der Waals surface area contributed by atoms with Crippen molar-refractivity contribution in [1.82, 2.24) is 0 Å². The summed E-state index contributed by atoms with van der Waals surface area (Å²) in [6.07, 6.45) is 0.530. The second-order valence-electron chi connectivity index (χ2n) is 6.55. The topological polar surface area (TPSA) is 118 Å². The number of hydrogen-bond acceptors (Lipinski definition) is 8. The number of nitro groups is 1. The van der Waals surface area contributed by atoms with E-state index in [0.29, 0.717) is 17.7 Å². The van der Waals surface area contributed by atoms with Gasteiger partial charge >= 0.3 is 11.7 Å². The number of rotatable bonds is 8. The third kappa shape index (κ3) is 4.66. The number of benzene rings is 2. The highest BCUT2D eigenvalue weighted by molar-refractivity contribution is 5.81. The van der Waals surface area contributed by atoms with Gasteiger partial charge in [0.1, 0.15) is 17.1 Å². The molecule has 162 valence electrons. The molecule has 0 atom stereocenters. The van der Waals surface area contributed by atoms with Crippen molar-refractivity contribution >= 4 is 22.6 Å². The van der Waals surface area contributed by atoms with E-state index >= 15 is 0 Å². The number of nitro benzene ring substituents is 1. The molecule has 3 rings (SSSR count). The molecule has 3 aromatic rings. The highest BCUT2D eigenvalue weighted by Crippen LogP contribution is 2.33. The summed E-state index contributed by atoms with van der Waals surface area (Å²) in [5.74, 6) is -0.152. The van der Waals surface area contributed by atoms with Crippen LogP contribution in [0, 0.1) is 17.0 Å². The summed E-state index contributed by atoms with van der Waals surface area (Å²) in [6, 6.07) is 8.92. The van der Waals surface area contributed by atoms with Crippen LogP contribution in [0.3, 0.4) is 0 Å². The molecule has 1 heterocycles. The van der Waals surface area contributed by atoms with E-state index in [4.69, 9.17) is 18.6 Å². The van der Waals surface area contributed by atoms with Crippen molar-refractivity contribution in [2.45, 2.75) is 27.2 Å². The van der Waals surface area contributed by atoms with Gasteiger partial charge in [-0.15, -0.1) is 0 Å². The fraction of sp³-hybridized carbons (Fsp3) is 0.273. The highest BCUT2D eigenvalue weighted by Gasteiger charge is 2.21. The van der Waals surface area contributed by atoms with Crippen LogP contribution in [0.25, 0.3) is 11.0 Å². The average molecular weight is 427 g/mol. The molecule has 31 heavy (non-hydrogen) atoms. The number of ether oxygens (including phenoxy) is 3. The van der Waals surface area contributed by atoms with Gasteiger partial charge in [-0.3, -0.25) is 14.9 Å². The van der Waals surface area contributed by atoms with Gasteiger partial charge < -0.3 is 18.6 Å². The van der Waals surface area contributed by atoms with Crippen molar-refractivity contribution in [3.63, 3.8) is 0 Å². The summed E-state index contributed by atoms with van der Waals surface area (Å²) in [6.45, 7) is 5.08. The summed E-state index contributed by atoms with van der Waals surface area (Å²) < 4.78 is 21.8. The van der Waals surface area contributed by atoms with Crippen LogP contribution >= 0.6 is 0 Å². The SMILES string of the molecule is CCOC(=O)COc1cc2oc(C)c(Oc3ccccc3[N+](=O)[O-])c(=O)c2cc1CC. The van der Waals surface area contributed by atoms with Gasteiger partial charge in [0.25, 0.3) is 0 Å². The van der Waals surface area contributed by atoms with E-state index in [1.165, 1.54) is 31.2 Å². The fourth-order valence-electron chi connectivity index (χ4n) is 3.03. The summed E-state index contributed by atoms with van der Waals surface area (Å²) in [7, 11) is 0. The first-order chi connectivity index (χ1) is 14.8. The average Bonchev–Trinajstić information content (AvgIpc) is 2.75. The Kier molecular flexibility index (Phi) is 6.54. The Morgan fingerprint density at radius 1 is 1.16 bits per heavy atom. The van der Waals surface area contributed by atoms with Crippen LogP contribution in [0.4, 0.5) is 5.69 Å². The molecule has 0 saturated heterocycles. The van der Waals surface area contributed by atoms with E-state index in [9.17, 15) is 19.7 Å². The molecule has 1 aromatic heterocycles. The lowest BCUT2D eigenvalue weighted by Gasteiger charge is -2.13. The number of fused-ring (bicyclic) bond motifs is 1. The number of para-hydroxylation sites is 2. The standard InChI is InChI=1S/C22H21NO8/c1-4-14-10-15-19(11-18(14)29-12-20(24)28-5-2)30-13(3)22(21(15)25)31-17-9-7-6-8-16(17)23(26)27/h6-11H,4-5,12H2,1-3H3. The first-order valence-electron chi connectivity index (χ1n) is 9.65. The summed E-state index contributed by atoms with van der Waals surface area (Å²) in [4.78, 5) is 35.3. The maximum absolute atomic E-state index is 13.1. The Morgan fingerprint density at radius 2 is 1.90 bits per heavy atom. The molecule has 0 aliphatic carbocycles. The Labute approximate surface area is 177 Å². The molecule has 0 radical (unpaired) electrons. The van der Waals surface area contributed by atoms with Gasteiger partial charge in [0.2, 0.25) is 16.9 Å². The van der Waals surface area contributed by atoms with Crippen molar-refractivity contribution in [1.29, 1.82) is 0 Å². The van der Waals surface area contributed by atoms with Gasteiger partial charge in [0.05, 0.1) is 16.9 Å². The fourth-order valence-corrected chi connectivity index (χ4v) is 3.03. The lowest BCUT2D eigenvalue weighted by atomic mass is 10.1. The van der Waals surface area contributed by atoms with E-state index in [1.54, 1.807) is 19.1 Å². The lowest BCUT2D eigenvalue weighted by molar-refractivity contribution is -0.385. The Hall–Kier alpha value is -3.88. The molecule has 0 aliphatic heterocycles. The predicted octanol–water partition coefficient (Wildman–Crippen LogP) is 4.31. The zero-order valence-electron chi connectivity index (χ0n) is 17.3. The summed E-state index contributed by atoms with van der Waals surface area (Å²) >= 11 is 0. The Bertz CT molecular complexity index is 1200. The van der Waals surface area contributed by atoms with Gasteiger partial charge in [-0.2, -0.15) is 0 Å². The van der Waals surface area contributed by atoms with Crippen LogP contribution in [-0.2, 0) is 16.0 Å². The van der Waals surface area contributed by atoms with Crippen LogP contribution in [0.5, 0.6) is 17.2 Å². The second-order valence-corrected chi connectivity index (χ2v) is 6.55. The van der Waals surface area contributed by atoms with Crippen LogP contribution in [0.1, 0.15) is 25.2 Å². The molecule has 2 aromatic carbocycles. The van der Waals surface area contributed by atoms with Crippen molar-refractivity contribution in [3.8, 4) is 17.2 Å². The third-order valence-electron chi connectivity index (χ3n) is 4.50. The lowest BCUT2D eigenvalue weighted by Crippen LogP contribution is -2.15. The third-order valence-corrected chi connectivity index (χ3v) is 4.50. The number of nitrogens with zero attached hydrogens (tertiary/aromatic N) is 1. The first-order valence-corrected chi connectivity index (χ1v) is 9.65. The second kappa shape index (κ2) is 9.29. The Morgan fingerprint density at radius 3 is 2.58 bits per heavy atom. The van der Waals surface area contributed by atoms with Crippen LogP contribution in [0.15, 0.2) is 45.6 Å². The monoisotopic (exact) mass is 427 g/mol. The number of carbonyl (C=O) groups excluding carboxylic acids is 1. The minimum Gasteiger partial charge on any atom is -0.481 e. The Balaban J connectivity index is 2.03. The zero-order valence-corrected chi connectivity index (χ0v) is 17.3. The van der Waals surface area contributed by atoms with Gasteiger partial charge in [-0.05, 0) is 38.0 Å². The minimum atomic E-state index is -0.588. The molecule has 0 saturated carbocycles. The first kappa shape index (κ1) is 21.8. The number of hydrogen-bond donors (Lipinski definition) is 0. The largest absolute Gasteiger partial charge is 0.481 e. The molecule has 0 amide bonds. The van der Waals surface area contributed by atoms with Crippen LogP contribution in [0.2, 0.25) is 0 Å². The van der Waals surface area contributed by atoms with Crippen molar-refractivity contribution in [2.75, 3.05) is 13.2 Å². The maximum Gasteiger partial charge on any atom is 0.344 e. The molecule has 0 bridgehead atoms. The molecular weight excluding hydrogens is 406 g/mol. The van der Waals surface area contributed by atoms with Crippen molar-refractivity contribution in [3.05, 3.63) is 68.1 Å². The molecule has 0 aliphatic rings. The van der Waals surface area contributed by atoms with Gasteiger partial charge in [-0.1, -0.05) is 19.1 Å². The summed E-state index contributed by atoms with van der Waals surface area (Å²) in [5, 5.41) is 11.5. The molecule has 0 spiro atoms. The highest BCUT2D eigenvalue weighted by atomic mass is 16.6. The van der Waals surface area contributed by atoms with Gasteiger partial charge in [0.15, 0.2) is 6.61 Å². The molecule has 0 fully saturated rings. The minimum absolute atomic E-state index is 0.0626. The van der Waals surface area contributed by atoms with Crippen molar-refractivity contribution < 1.29 is 28.3 Å². The molecule has 0 unspecified atom stereocenters. The molecular formula is C22H21NO8. The molecule has 0 N–H and O–H groups in total. The number of esters is 1.